The second-order valence-corrected chi connectivity index (χ2v) is 3.51. The largest absolute Gasteiger partial charge is 0.249 e. The van der Waals surface area contributed by atoms with Crippen molar-refractivity contribution in [2.24, 2.45) is 0 Å². The van der Waals surface area contributed by atoms with Crippen LogP contribution in [0.1, 0.15) is 32.6 Å². The Labute approximate surface area is 66.0 Å². The summed E-state index contributed by atoms with van der Waals surface area (Å²) in [7, 11) is 0. The fraction of sp³-hybridized carbons (Fsp3) is 1.00. The molecule has 0 rings (SSSR count). The number of hydrogen-bond donors (Lipinski definition) is 0. The number of halogens is 2. The fourth-order valence-corrected chi connectivity index (χ4v) is 0.848. The summed E-state index contributed by atoms with van der Waals surface area (Å²) in [6.45, 7) is 2.06. The number of alkyl halides is 2. The summed E-state index contributed by atoms with van der Waals surface area (Å²) in [6.07, 6.45) is 3.30. The molecule has 0 fully saturated rings. The van der Waals surface area contributed by atoms with Gasteiger partial charge in [-0.3, -0.25) is 0 Å². The van der Waals surface area contributed by atoms with E-state index in [0.29, 0.717) is 6.42 Å². The summed E-state index contributed by atoms with van der Waals surface area (Å²) in [4.78, 5) is 0. The predicted octanol–water partition coefficient (Wildman–Crippen LogP) is 3.13. The molecule has 0 saturated heterocycles. The summed E-state index contributed by atoms with van der Waals surface area (Å²) in [5.74, 6) is 0. The van der Waals surface area contributed by atoms with Crippen molar-refractivity contribution in [3.63, 3.8) is 0 Å². The van der Waals surface area contributed by atoms with Gasteiger partial charge in [-0.25, -0.2) is 0 Å². The molecule has 0 amide bonds. The highest BCUT2D eigenvalue weighted by Gasteiger charge is 2.19. The first-order valence-electron chi connectivity index (χ1n) is 3.14. The van der Waals surface area contributed by atoms with Gasteiger partial charge in [0.1, 0.15) is 0 Å². The quantitative estimate of drug-likeness (QED) is 0.456. The molecule has 0 aromatic carbocycles. The second kappa shape index (κ2) is 4.37. The zero-order chi connectivity index (χ0) is 7.33. The van der Waals surface area contributed by atoms with Crippen LogP contribution in [0.5, 0.6) is 0 Å². The lowest BCUT2D eigenvalue weighted by Gasteiger charge is -2.06. The van der Waals surface area contributed by atoms with E-state index in [0.717, 1.165) is 19.3 Å². The summed E-state index contributed by atoms with van der Waals surface area (Å²) >= 11 is 10.4. The van der Waals surface area contributed by atoms with Gasteiger partial charge in [-0.05, 0) is 6.42 Å². The van der Waals surface area contributed by atoms with Gasteiger partial charge in [-0.15, -0.1) is 0 Å². The zero-order valence-electron chi connectivity index (χ0n) is 5.49. The Morgan fingerprint density at radius 2 is 1.89 bits per heavy atom. The molecule has 0 aliphatic carbocycles. The van der Waals surface area contributed by atoms with Gasteiger partial charge < -0.3 is 0 Å². The highest BCUT2D eigenvalue weighted by molar-refractivity contribution is 6.46. The maximum atomic E-state index is 10.5. The molecule has 0 bridgehead atoms. The van der Waals surface area contributed by atoms with Crippen LogP contribution in [-0.2, 0) is 5.11 Å². The smallest absolute Gasteiger partial charge is 0.194 e. The van der Waals surface area contributed by atoms with Crippen LogP contribution in [-0.4, -0.2) is 4.52 Å². The van der Waals surface area contributed by atoms with Crippen molar-refractivity contribution in [2.75, 3.05) is 0 Å². The first-order chi connectivity index (χ1) is 4.06. The number of hydrogen-bond acceptors (Lipinski definition) is 0. The molecule has 9 heavy (non-hydrogen) atoms. The molecular weight excluding hydrogens is 159 g/mol. The van der Waals surface area contributed by atoms with E-state index in [9.17, 15) is 5.11 Å². The third kappa shape index (κ3) is 8.54. The molecule has 0 spiro atoms. The van der Waals surface area contributed by atoms with Crippen LogP contribution >= 0.6 is 23.2 Å². The minimum absolute atomic E-state index is 0.351. The van der Waals surface area contributed by atoms with E-state index in [2.05, 4.69) is 6.92 Å². The van der Waals surface area contributed by atoms with E-state index < -0.39 is 4.52 Å². The molecule has 0 aliphatic heterocycles. The molecule has 0 aliphatic rings. The standard InChI is InChI=1S/C6H11Cl2O/c1-2-3-4-5-6(7,8)9/h2-5H2,1H3. The fourth-order valence-electron chi connectivity index (χ4n) is 0.581. The molecule has 0 heterocycles. The Balaban J connectivity index is 3.07. The summed E-state index contributed by atoms with van der Waals surface area (Å²) in [6, 6.07) is 0. The molecular formula is C6H11Cl2O. The first-order valence-corrected chi connectivity index (χ1v) is 3.90. The van der Waals surface area contributed by atoms with Crippen molar-refractivity contribution in [1.29, 1.82) is 0 Å². The van der Waals surface area contributed by atoms with Crippen LogP contribution in [0, 0.1) is 0 Å². The Bertz CT molecular complexity index is 67.9. The highest BCUT2D eigenvalue weighted by atomic mass is 35.5. The minimum atomic E-state index is -1.75. The van der Waals surface area contributed by atoms with E-state index in [1.165, 1.54) is 0 Å². The third-order valence-electron chi connectivity index (χ3n) is 1.07. The van der Waals surface area contributed by atoms with E-state index in [1.807, 2.05) is 0 Å². The Morgan fingerprint density at radius 1 is 1.33 bits per heavy atom. The SMILES string of the molecule is CCCCCC([O])(Cl)Cl. The van der Waals surface area contributed by atoms with Gasteiger partial charge in [-0.1, -0.05) is 43.0 Å². The molecule has 0 N–H and O–H groups in total. The molecule has 55 valence electrons. The van der Waals surface area contributed by atoms with Crippen LogP contribution in [0.25, 0.3) is 0 Å². The Kier molecular flexibility index (Phi) is 4.63. The molecule has 0 aromatic rings. The van der Waals surface area contributed by atoms with Crippen molar-refractivity contribution >= 4 is 23.2 Å². The van der Waals surface area contributed by atoms with Gasteiger partial charge in [0.15, 0.2) is 0 Å². The third-order valence-corrected chi connectivity index (χ3v) is 1.45. The molecule has 1 radical (unpaired) electrons. The van der Waals surface area contributed by atoms with E-state index in [-0.39, 0.29) is 0 Å². The molecule has 0 aromatic heterocycles. The van der Waals surface area contributed by atoms with Gasteiger partial charge in [0.05, 0.1) is 0 Å². The second-order valence-electron chi connectivity index (χ2n) is 2.09. The topological polar surface area (TPSA) is 19.9 Å². The van der Waals surface area contributed by atoms with Gasteiger partial charge in [-0.2, -0.15) is 5.11 Å². The summed E-state index contributed by atoms with van der Waals surface area (Å²) in [5, 5.41) is 10.5. The molecule has 0 saturated carbocycles. The molecule has 0 atom stereocenters. The highest BCUT2D eigenvalue weighted by Crippen LogP contribution is 2.24. The van der Waals surface area contributed by atoms with Gasteiger partial charge >= 0.3 is 0 Å². The normalized spacial score (nSPS) is 12.0. The maximum Gasteiger partial charge on any atom is 0.249 e. The maximum absolute atomic E-state index is 10.5. The average molecular weight is 170 g/mol. The van der Waals surface area contributed by atoms with Crippen LogP contribution in [0.4, 0.5) is 0 Å². The zero-order valence-corrected chi connectivity index (χ0v) is 7.00. The van der Waals surface area contributed by atoms with Gasteiger partial charge in [0.25, 0.3) is 0 Å². The van der Waals surface area contributed by atoms with E-state index in [1.54, 1.807) is 0 Å². The summed E-state index contributed by atoms with van der Waals surface area (Å²) in [5.41, 5.74) is 0. The van der Waals surface area contributed by atoms with Crippen molar-refractivity contribution in [1.82, 2.24) is 0 Å². The predicted molar refractivity (Wildman–Crippen MR) is 39.3 cm³/mol. The Morgan fingerprint density at radius 3 is 2.22 bits per heavy atom. The first kappa shape index (κ1) is 9.54. The van der Waals surface area contributed by atoms with Crippen LogP contribution in [0.15, 0.2) is 0 Å². The average Bonchev–Trinajstić information content (AvgIpc) is 1.63. The lowest BCUT2D eigenvalue weighted by Crippen LogP contribution is -2.07. The van der Waals surface area contributed by atoms with Crippen molar-refractivity contribution in [3.05, 3.63) is 0 Å². The monoisotopic (exact) mass is 169 g/mol. The summed E-state index contributed by atoms with van der Waals surface area (Å²) < 4.78 is -1.75. The minimum Gasteiger partial charge on any atom is -0.194 e. The lowest BCUT2D eigenvalue weighted by molar-refractivity contribution is 0.111. The van der Waals surface area contributed by atoms with Crippen molar-refractivity contribution in [3.8, 4) is 0 Å². The van der Waals surface area contributed by atoms with Crippen LogP contribution < -0.4 is 0 Å². The van der Waals surface area contributed by atoms with E-state index >= 15 is 0 Å². The Hall–Kier alpha value is 0.540. The molecule has 0 unspecified atom stereocenters. The lowest BCUT2D eigenvalue weighted by atomic mass is 10.2. The van der Waals surface area contributed by atoms with Crippen LogP contribution in [0.3, 0.4) is 0 Å². The van der Waals surface area contributed by atoms with Gasteiger partial charge in [0.2, 0.25) is 4.52 Å². The molecule has 3 heteroatoms. The van der Waals surface area contributed by atoms with Crippen molar-refractivity contribution < 1.29 is 5.11 Å². The van der Waals surface area contributed by atoms with E-state index in [4.69, 9.17) is 23.2 Å². The number of rotatable bonds is 4. The van der Waals surface area contributed by atoms with Gasteiger partial charge in [0, 0.05) is 6.42 Å². The van der Waals surface area contributed by atoms with Crippen LogP contribution in [0.2, 0.25) is 0 Å². The van der Waals surface area contributed by atoms with Crippen molar-refractivity contribution in [2.45, 2.75) is 37.1 Å². The number of unbranched alkanes of at least 4 members (excludes halogenated alkanes) is 2. The molecule has 1 nitrogen and oxygen atoms in total.